The second-order valence-corrected chi connectivity index (χ2v) is 2.49. The first-order chi connectivity index (χ1) is 5.65. The highest BCUT2D eigenvalue weighted by Crippen LogP contribution is 2.16. The summed E-state index contributed by atoms with van der Waals surface area (Å²) in [6, 6.07) is 1.63. The number of carbonyl (C=O) groups excluding carboxylic acids is 1. The molecule has 0 aliphatic heterocycles. The summed E-state index contributed by atoms with van der Waals surface area (Å²) in [5.74, 6) is 0.638. The number of rotatable bonds is 2. The second-order valence-electron chi connectivity index (χ2n) is 2.49. The largest absolute Gasteiger partial charge is 0.445 e. The van der Waals surface area contributed by atoms with Crippen molar-refractivity contribution < 1.29 is 9.21 Å². The monoisotopic (exact) mass is 168 g/mol. The van der Waals surface area contributed by atoms with Gasteiger partial charge in [-0.3, -0.25) is 4.79 Å². The fourth-order valence-corrected chi connectivity index (χ4v) is 0.965. The number of amides is 1. The van der Waals surface area contributed by atoms with E-state index in [1.165, 1.54) is 0 Å². The zero-order valence-corrected chi connectivity index (χ0v) is 7.18. The Morgan fingerprint density at radius 2 is 2.42 bits per heavy atom. The van der Waals surface area contributed by atoms with E-state index in [0.717, 1.165) is 0 Å². The first-order valence-corrected chi connectivity index (χ1v) is 3.79. The fraction of sp³-hybridized carbons (Fsp3) is 0.375. The Morgan fingerprint density at radius 1 is 1.75 bits per heavy atom. The smallest absolute Gasteiger partial charge is 0.256 e. The van der Waals surface area contributed by atoms with Crippen LogP contribution in [0.1, 0.15) is 23.0 Å². The fourth-order valence-electron chi connectivity index (χ4n) is 0.965. The number of carbonyl (C=O) groups is 1. The molecule has 0 spiro atoms. The van der Waals surface area contributed by atoms with Crippen LogP contribution in [0.15, 0.2) is 10.5 Å². The Labute approximate surface area is 70.7 Å². The van der Waals surface area contributed by atoms with E-state index in [0.29, 0.717) is 17.9 Å². The summed E-state index contributed by atoms with van der Waals surface area (Å²) >= 11 is 0. The number of furan rings is 1. The second kappa shape index (κ2) is 3.30. The molecule has 0 saturated heterocycles. The van der Waals surface area contributed by atoms with Crippen molar-refractivity contribution in [1.29, 1.82) is 0 Å². The van der Waals surface area contributed by atoms with E-state index in [9.17, 15) is 4.79 Å². The maximum absolute atomic E-state index is 11.2. The van der Waals surface area contributed by atoms with Crippen molar-refractivity contribution in [3.05, 3.63) is 17.4 Å². The lowest BCUT2D eigenvalue weighted by atomic mass is 10.3. The molecule has 3 N–H and O–H groups in total. The van der Waals surface area contributed by atoms with Crippen molar-refractivity contribution in [3.8, 4) is 0 Å². The van der Waals surface area contributed by atoms with Gasteiger partial charge in [-0.2, -0.15) is 0 Å². The lowest BCUT2D eigenvalue weighted by molar-refractivity contribution is 0.0956. The van der Waals surface area contributed by atoms with Crippen molar-refractivity contribution in [3.63, 3.8) is 0 Å². The summed E-state index contributed by atoms with van der Waals surface area (Å²) in [7, 11) is 0. The highest BCUT2D eigenvalue weighted by Gasteiger charge is 2.12. The van der Waals surface area contributed by atoms with Gasteiger partial charge in [0.15, 0.2) is 0 Å². The van der Waals surface area contributed by atoms with Gasteiger partial charge in [0.25, 0.3) is 5.91 Å². The van der Waals surface area contributed by atoms with Crippen LogP contribution in [0.25, 0.3) is 0 Å². The van der Waals surface area contributed by atoms with E-state index in [2.05, 4.69) is 5.32 Å². The van der Waals surface area contributed by atoms with E-state index < -0.39 is 0 Å². The standard InChI is InChI=1S/C8H12N2O2/c1-3-10-8(11)6-4-5(2)12-7(6)9/h4H,3,9H2,1-2H3,(H,10,11). The minimum Gasteiger partial charge on any atom is -0.445 e. The zero-order valence-electron chi connectivity index (χ0n) is 7.18. The summed E-state index contributed by atoms with van der Waals surface area (Å²) in [5.41, 5.74) is 5.86. The summed E-state index contributed by atoms with van der Waals surface area (Å²) in [6.45, 7) is 4.18. The van der Waals surface area contributed by atoms with Crippen LogP contribution in [-0.4, -0.2) is 12.5 Å². The van der Waals surface area contributed by atoms with Crippen LogP contribution < -0.4 is 11.1 Å². The Hall–Kier alpha value is -1.45. The molecular weight excluding hydrogens is 156 g/mol. The third-order valence-electron chi connectivity index (χ3n) is 1.47. The van der Waals surface area contributed by atoms with Crippen molar-refractivity contribution in [1.82, 2.24) is 5.32 Å². The maximum Gasteiger partial charge on any atom is 0.256 e. The third kappa shape index (κ3) is 1.58. The van der Waals surface area contributed by atoms with E-state index >= 15 is 0 Å². The van der Waals surface area contributed by atoms with Gasteiger partial charge in [0, 0.05) is 6.54 Å². The Bertz CT molecular complexity index is 291. The third-order valence-corrected chi connectivity index (χ3v) is 1.47. The predicted octanol–water partition coefficient (Wildman–Crippen LogP) is 0.920. The van der Waals surface area contributed by atoms with Gasteiger partial charge in [0.05, 0.1) is 0 Å². The Kier molecular flexibility index (Phi) is 2.38. The zero-order chi connectivity index (χ0) is 9.14. The highest BCUT2D eigenvalue weighted by atomic mass is 16.4. The molecule has 0 aliphatic carbocycles. The molecule has 0 atom stereocenters. The first kappa shape index (κ1) is 8.64. The lowest BCUT2D eigenvalue weighted by Crippen LogP contribution is -2.22. The Morgan fingerprint density at radius 3 is 2.83 bits per heavy atom. The molecule has 1 aromatic heterocycles. The summed E-state index contributed by atoms with van der Waals surface area (Å²) in [4.78, 5) is 11.2. The van der Waals surface area contributed by atoms with E-state index in [4.69, 9.17) is 10.2 Å². The van der Waals surface area contributed by atoms with E-state index in [1.54, 1.807) is 13.0 Å². The van der Waals surface area contributed by atoms with Gasteiger partial charge in [-0.1, -0.05) is 0 Å². The molecule has 4 nitrogen and oxygen atoms in total. The van der Waals surface area contributed by atoms with Crippen LogP contribution >= 0.6 is 0 Å². The molecule has 1 heterocycles. The normalized spacial score (nSPS) is 9.83. The van der Waals surface area contributed by atoms with Gasteiger partial charge < -0.3 is 15.5 Å². The molecule has 4 heteroatoms. The minimum absolute atomic E-state index is 0.179. The van der Waals surface area contributed by atoms with Crippen molar-refractivity contribution in [2.24, 2.45) is 0 Å². The summed E-state index contributed by atoms with van der Waals surface area (Å²) in [5, 5.41) is 2.64. The predicted molar refractivity (Wildman–Crippen MR) is 45.9 cm³/mol. The number of nitrogens with one attached hydrogen (secondary N) is 1. The average Bonchev–Trinajstić information content (AvgIpc) is 2.30. The molecule has 1 rings (SSSR count). The van der Waals surface area contributed by atoms with Crippen LogP contribution in [0, 0.1) is 6.92 Å². The molecule has 0 radical (unpaired) electrons. The van der Waals surface area contributed by atoms with E-state index in [1.807, 2.05) is 6.92 Å². The van der Waals surface area contributed by atoms with Crippen molar-refractivity contribution in [2.45, 2.75) is 13.8 Å². The van der Waals surface area contributed by atoms with Crippen LogP contribution in [0.5, 0.6) is 0 Å². The molecule has 66 valence electrons. The summed E-state index contributed by atoms with van der Waals surface area (Å²) in [6.07, 6.45) is 0. The summed E-state index contributed by atoms with van der Waals surface area (Å²) < 4.78 is 5.00. The highest BCUT2D eigenvalue weighted by molar-refractivity contribution is 5.98. The van der Waals surface area contributed by atoms with Gasteiger partial charge in [0.2, 0.25) is 5.88 Å². The van der Waals surface area contributed by atoms with Gasteiger partial charge in [-0.15, -0.1) is 0 Å². The SMILES string of the molecule is CCNC(=O)c1cc(C)oc1N. The van der Waals surface area contributed by atoms with Gasteiger partial charge in [-0.05, 0) is 19.9 Å². The number of anilines is 1. The molecule has 0 saturated carbocycles. The van der Waals surface area contributed by atoms with Crippen LogP contribution in [0.3, 0.4) is 0 Å². The first-order valence-electron chi connectivity index (χ1n) is 3.79. The van der Waals surface area contributed by atoms with E-state index in [-0.39, 0.29) is 11.8 Å². The maximum atomic E-state index is 11.2. The Balaban J connectivity index is 2.87. The number of hydrogen-bond acceptors (Lipinski definition) is 3. The molecular formula is C8H12N2O2. The van der Waals surface area contributed by atoms with Gasteiger partial charge in [-0.25, -0.2) is 0 Å². The van der Waals surface area contributed by atoms with Crippen molar-refractivity contribution in [2.75, 3.05) is 12.3 Å². The quantitative estimate of drug-likeness (QED) is 0.690. The lowest BCUT2D eigenvalue weighted by Gasteiger charge is -1.97. The van der Waals surface area contributed by atoms with Gasteiger partial charge in [0.1, 0.15) is 11.3 Å². The number of hydrogen-bond donors (Lipinski definition) is 2. The average molecular weight is 168 g/mol. The molecule has 1 aromatic rings. The molecule has 0 aliphatic rings. The molecule has 12 heavy (non-hydrogen) atoms. The topological polar surface area (TPSA) is 68.3 Å². The van der Waals surface area contributed by atoms with Crippen molar-refractivity contribution >= 4 is 11.8 Å². The van der Waals surface area contributed by atoms with Crippen LogP contribution in [-0.2, 0) is 0 Å². The van der Waals surface area contributed by atoms with Gasteiger partial charge >= 0.3 is 0 Å². The molecule has 1 amide bonds. The molecule has 0 unspecified atom stereocenters. The minimum atomic E-state index is -0.188. The number of nitrogens with two attached hydrogens (primary N) is 1. The number of nitrogen functional groups attached to an aromatic ring is 1. The molecule has 0 aromatic carbocycles. The number of aryl methyl sites for hydroxylation is 1. The molecule has 0 bridgehead atoms. The molecule has 0 fully saturated rings. The van der Waals surface area contributed by atoms with Crippen LogP contribution in [0.2, 0.25) is 0 Å². The van der Waals surface area contributed by atoms with Crippen LogP contribution in [0.4, 0.5) is 5.88 Å².